The molecule has 2 rings (SSSR count). The van der Waals surface area contributed by atoms with Gasteiger partial charge in [0.2, 0.25) is 0 Å². The number of hydrogen-bond acceptors (Lipinski definition) is 1. The van der Waals surface area contributed by atoms with E-state index in [0.29, 0.717) is 0 Å². The molecule has 0 amide bonds. The van der Waals surface area contributed by atoms with Gasteiger partial charge in [-0.1, -0.05) is 0 Å². The second-order valence-electron chi connectivity index (χ2n) is 4.22. The molecule has 0 saturated carbocycles. The molecule has 0 aromatic heterocycles. The number of benzene rings is 2. The average molecular weight is 246 g/mol. The number of rotatable bonds is 3. The summed E-state index contributed by atoms with van der Waals surface area (Å²) in [5.74, 6) is 0. The summed E-state index contributed by atoms with van der Waals surface area (Å²) < 4.78 is 0. The molecule has 0 aliphatic carbocycles. The van der Waals surface area contributed by atoms with E-state index in [-0.39, 0.29) is 0 Å². The van der Waals surface area contributed by atoms with Crippen LogP contribution in [0.1, 0.15) is 0 Å². The van der Waals surface area contributed by atoms with Gasteiger partial charge in [-0.15, -0.1) is 0 Å². The van der Waals surface area contributed by atoms with Crippen molar-refractivity contribution in [1.82, 2.24) is 0 Å². The molecule has 0 heterocycles. The fourth-order valence-electron chi connectivity index (χ4n) is 1.96. The van der Waals surface area contributed by atoms with Crippen molar-refractivity contribution >= 4 is 37.9 Å². The van der Waals surface area contributed by atoms with Crippen LogP contribution in [0.2, 0.25) is 0 Å². The maximum atomic E-state index is 4.59. The minimum absolute atomic E-state index is 0.945. The van der Waals surface area contributed by atoms with Crippen molar-refractivity contribution in [3.8, 4) is 0 Å². The van der Waals surface area contributed by atoms with Crippen LogP contribution >= 0.6 is 19.8 Å². The summed E-state index contributed by atoms with van der Waals surface area (Å²) in [6, 6.07) is 21.5. The Labute approximate surface area is 104 Å². The molecular weight excluding hydrogens is 230 g/mol. The zero-order valence-electron chi connectivity index (χ0n) is 9.43. The van der Waals surface area contributed by atoms with Crippen LogP contribution in [0.25, 0.3) is 0 Å². The Morgan fingerprint density at radius 2 is 1.19 bits per heavy atom. The summed E-state index contributed by atoms with van der Waals surface area (Å²) in [5, 5.41) is 2.91. The third-order valence-electron chi connectivity index (χ3n) is 3.14. The summed E-state index contributed by atoms with van der Waals surface area (Å²) in [6.45, 7) is 0. The zero-order chi connectivity index (χ0) is 11.4. The van der Waals surface area contributed by atoms with Crippen molar-refractivity contribution in [2.24, 2.45) is 0 Å². The molecule has 0 spiro atoms. The van der Waals surface area contributed by atoms with Crippen LogP contribution in [0.5, 0.6) is 0 Å². The molecule has 3 heteroatoms. The zero-order valence-corrected chi connectivity index (χ0v) is 11.3. The summed E-state index contributed by atoms with van der Waals surface area (Å²) in [4.78, 5) is 0. The van der Waals surface area contributed by atoms with Gasteiger partial charge in [0, 0.05) is 0 Å². The Bertz CT molecular complexity index is 405. The predicted octanol–water partition coefficient (Wildman–Crippen LogP) is 1.82. The average Bonchev–Trinajstić information content (AvgIpc) is 2.40. The van der Waals surface area contributed by atoms with E-state index in [0.717, 1.165) is 5.49 Å². The summed E-state index contributed by atoms with van der Waals surface area (Å²) in [7, 11) is 0.768. The van der Waals surface area contributed by atoms with E-state index in [1.807, 2.05) is 0 Å². The monoisotopic (exact) mass is 246 g/mol. The third kappa shape index (κ3) is 2.19. The van der Waals surface area contributed by atoms with E-state index in [4.69, 9.17) is 0 Å². The van der Waals surface area contributed by atoms with Crippen molar-refractivity contribution in [2.45, 2.75) is 0 Å². The third-order valence-corrected chi connectivity index (χ3v) is 8.88. The quantitative estimate of drug-likeness (QED) is 0.476. The first kappa shape index (κ1) is 11.8. The first-order chi connectivity index (χ1) is 7.77. The number of thiol groups is 1. The van der Waals surface area contributed by atoms with Crippen LogP contribution in [0.4, 0.5) is 0 Å². The van der Waals surface area contributed by atoms with Gasteiger partial charge in [-0.2, -0.15) is 0 Å². The van der Waals surface area contributed by atoms with E-state index in [9.17, 15) is 0 Å². The number of hydrogen-bond donors (Lipinski definition) is 1. The predicted molar refractivity (Wildman–Crippen MR) is 82.9 cm³/mol. The molecule has 0 fully saturated rings. The second kappa shape index (κ2) is 5.08. The summed E-state index contributed by atoms with van der Waals surface area (Å²) >= 11 is 4.59. The van der Waals surface area contributed by atoms with Gasteiger partial charge in [0.05, 0.1) is 0 Å². The molecule has 0 radical (unpaired) electrons. The molecule has 0 aliphatic rings. The van der Waals surface area contributed by atoms with E-state index in [1.165, 1.54) is 10.6 Å². The van der Waals surface area contributed by atoms with Gasteiger partial charge in [-0.3, -0.25) is 0 Å². The Morgan fingerprint density at radius 1 is 0.812 bits per heavy atom. The summed E-state index contributed by atoms with van der Waals surface area (Å²) in [5.41, 5.74) is 0.945. The molecule has 0 nitrogen and oxygen atoms in total. The molecular formula is C13H16BPS. The van der Waals surface area contributed by atoms with Crippen LogP contribution in [-0.4, -0.2) is 13.1 Å². The SMILES string of the molecule is B[PH](CS)(c1ccccc1)c1ccccc1. The van der Waals surface area contributed by atoms with Gasteiger partial charge in [-0.25, -0.2) is 0 Å². The van der Waals surface area contributed by atoms with Gasteiger partial charge in [0.1, 0.15) is 0 Å². The normalized spacial score (nSPS) is 12.3. The van der Waals surface area contributed by atoms with Crippen LogP contribution in [-0.2, 0) is 0 Å². The first-order valence-electron chi connectivity index (χ1n) is 5.49. The molecule has 0 atom stereocenters. The van der Waals surface area contributed by atoms with Gasteiger partial charge >= 0.3 is 104 Å². The minimum atomic E-state index is -1.61. The first-order valence-corrected chi connectivity index (χ1v) is 8.83. The van der Waals surface area contributed by atoms with Crippen LogP contribution in [0.3, 0.4) is 0 Å². The standard InChI is InChI=1S/C13H16BPS/c14-15(11-16,12-7-3-1-4-8-12)13-9-5-2-6-10-13/h1-10,15-16H,11,14H2. The van der Waals surface area contributed by atoms with Crippen molar-refractivity contribution in [3.05, 3.63) is 60.7 Å². The molecule has 0 bridgehead atoms. The van der Waals surface area contributed by atoms with Crippen LogP contribution < -0.4 is 10.6 Å². The second-order valence-corrected chi connectivity index (χ2v) is 9.31. The maximum absolute atomic E-state index is 4.59. The van der Waals surface area contributed by atoms with Crippen LogP contribution in [0.15, 0.2) is 60.7 Å². The Kier molecular flexibility index (Phi) is 3.73. The Morgan fingerprint density at radius 3 is 1.50 bits per heavy atom. The van der Waals surface area contributed by atoms with E-state index >= 15 is 0 Å². The fraction of sp³-hybridized carbons (Fsp3) is 0.0769. The molecule has 0 saturated heterocycles. The summed E-state index contributed by atoms with van der Waals surface area (Å²) in [6.07, 6.45) is 0. The molecule has 2 aromatic carbocycles. The van der Waals surface area contributed by atoms with Gasteiger partial charge in [0.15, 0.2) is 0 Å². The molecule has 2 aromatic rings. The molecule has 0 unspecified atom stereocenters. The van der Waals surface area contributed by atoms with E-state index in [1.54, 1.807) is 0 Å². The topological polar surface area (TPSA) is 0 Å². The Hall–Kier alpha value is -0.715. The van der Waals surface area contributed by atoms with Crippen molar-refractivity contribution in [2.75, 3.05) is 5.49 Å². The van der Waals surface area contributed by atoms with Crippen molar-refractivity contribution < 1.29 is 0 Å². The van der Waals surface area contributed by atoms with Gasteiger partial charge in [-0.05, 0) is 0 Å². The van der Waals surface area contributed by atoms with E-state index < -0.39 is 7.14 Å². The van der Waals surface area contributed by atoms with Crippen molar-refractivity contribution in [3.63, 3.8) is 0 Å². The molecule has 0 N–H and O–H groups in total. The van der Waals surface area contributed by atoms with Crippen molar-refractivity contribution in [1.29, 1.82) is 0 Å². The molecule has 16 heavy (non-hydrogen) atoms. The fourth-order valence-corrected chi connectivity index (χ4v) is 5.61. The van der Waals surface area contributed by atoms with E-state index in [2.05, 4.69) is 80.9 Å². The van der Waals surface area contributed by atoms with Crippen LogP contribution in [0, 0.1) is 0 Å². The van der Waals surface area contributed by atoms with Gasteiger partial charge < -0.3 is 0 Å². The molecule has 0 aliphatic heterocycles. The Balaban J connectivity index is 2.49. The molecule has 82 valence electrons. The van der Waals surface area contributed by atoms with Gasteiger partial charge in [0.25, 0.3) is 0 Å².